The molecule has 0 N–H and O–H groups in total. The summed E-state index contributed by atoms with van der Waals surface area (Å²) in [5.41, 5.74) is 3.01. The highest BCUT2D eigenvalue weighted by Gasteiger charge is 2.41. The fourth-order valence-electron chi connectivity index (χ4n) is 7.09. The molecule has 14 heteroatoms. The van der Waals surface area contributed by atoms with Gasteiger partial charge in [-0.15, -0.1) is 5.10 Å². The lowest BCUT2D eigenvalue weighted by molar-refractivity contribution is -0.137. The summed E-state index contributed by atoms with van der Waals surface area (Å²) in [4.78, 5) is 26.8. The van der Waals surface area contributed by atoms with E-state index in [0.717, 1.165) is 27.9 Å². The molecule has 1 fully saturated rings. The van der Waals surface area contributed by atoms with Crippen LogP contribution in [0.5, 0.6) is 0 Å². The molecule has 1 amide bonds. The summed E-state index contributed by atoms with van der Waals surface area (Å²) in [5.74, 6) is 0.843. The van der Waals surface area contributed by atoms with Gasteiger partial charge in [0, 0.05) is 51.1 Å². The summed E-state index contributed by atoms with van der Waals surface area (Å²) in [6.07, 6.45) is 0.203. The van der Waals surface area contributed by atoms with E-state index in [4.69, 9.17) is 0 Å². The monoisotopic (exact) mass is 609 g/mol. The number of imidazole rings is 1. The minimum atomic E-state index is -4.59. The smallest absolute Gasteiger partial charge is 0.372 e. The number of hydrogen-bond donors (Lipinski definition) is 0. The number of hydrogen-bond acceptors (Lipinski definition) is 6. The number of carbonyl (C=O) groups excluding carboxylic acids is 1. The molecule has 1 aromatic carbocycles. The summed E-state index contributed by atoms with van der Waals surface area (Å²) in [5, 5.41) is 3.54. The lowest BCUT2D eigenvalue weighted by Crippen LogP contribution is -2.47. The predicted octanol–water partition coefficient (Wildman–Crippen LogP) is 5.19. The third-order valence-electron chi connectivity index (χ3n) is 9.17. The van der Waals surface area contributed by atoms with Crippen molar-refractivity contribution >= 4 is 34.1 Å². The van der Waals surface area contributed by atoms with Crippen molar-refractivity contribution in [2.75, 3.05) is 36.5 Å². The standard InChI is InChI=1S/C30H31F4N9O/c1-5-40(21-9-12-41(17(21)2)29(44)43-16-36-28(31)37-43)23-13-18-8-11-38(3)27-24(19-7-6-10-42(23)26(18)19)20(30(32,33)34)14-22-25(27)35-15-39(22)4/h6-7,10,13-17,21H,5,8-9,11-12H2,1-4H3. The number of fused-ring (bicyclic) bond motifs is 4. The van der Waals surface area contributed by atoms with Crippen LogP contribution in [0.25, 0.3) is 27.7 Å². The highest BCUT2D eigenvalue weighted by atomic mass is 19.4. The van der Waals surface area contributed by atoms with Crippen LogP contribution in [0, 0.1) is 6.08 Å². The van der Waals surface area contributed by atoms with E-state index in [0.29, 0.717) is 54.8 Å². The van der Waals surface area contributed by atoms with E-state index in [1.54, 1.807) is 35.0 Å². The third-order valence-corrected chi connectivity index (χ3v) is 9.17. The van der Waals surface area contributed by atoms with Crippen molar-refractivity contribution in [2.45, 2.75) is 44.9 Å². The second kappa shape index (κ2) is 9.96. The van der Waals surface area contributed by atoms with Crippen molar-refractivity contribution in [3.05, 3.63) is 60.3 Å². The Labute approximate surface area is 250 Å². The molecule has 2 atom stereocenters. The molecule has 0 radical (unpaired) electrons. The zero-order valence-electron chi connectivity index (χ0n) is 24.7. The van der Waals surface area contributed by atoms with E-state index in [1.165, 1.54) is 6.07 Å². The molecule has 2 aliphatic heterocycles. The SMILES string of the molecule is CCN(c1cc2c3c(cccn13)-c1c(C(F)(F)F)cc3c(ncn3C)c1N(C)CC2)C1CCN(C(=O)n2cnc(F)n2)C1C. The van der Waals surface area contributed by atoms with E-state index in [-0.39, 0.29) is 17.6 Å². The van der Waals surface area contributed by atoms with Crippen LogP contribution in [0.15, 0.2) is 43.1 Å². The Hall–Kier alpha value is -4.62. The molecule has 6 heterocycles. The van der Waals surface area contributed by atoms with Gasteiger partial charge in [-0.3, -0.25) is 0 Å². The number of likely N-dealkylation sites (tertiary alicyclic amines) is 1. The van der Waals surface area contributed by atoms with Gasteiger partial charge in [-0.1, -0.05) is 6.07 Å². The van der Waals surface area contributed by atoms with Gasteiger partial charge in [-0.25, -0.2) is 9.78 Å². The van der Waals surface area contributed by atoms with Gasteiger partial charge < -0.3 is 23.7 Å². The highest BCUT2D eigenvalue weighted by Crippen LogP contribution is 2.49. The second-order valence-electron chi connectivity index (χ2n) is 11.5. The van der Waals surface area contributed by atoms with Crippen molar-refractivity contribution in [3.8, 4) is 11.1 Å². The topological polar surface area (TPSA) is 79.7 Å². The fourth-order valence-corrected chi connectivity index (χ4v) is 7.09. The van der Waals surface area contributed by atoms with Crippen LogP contribution < -0.4 is 9.80 Å². The molecule has 5 aromatic rings. The van der Waals surface area contributed by atoms with Gasteiger partial charge in [0.2, 0.25) is 0 Å². The molecule has 0 spiro atoms. The zero-order chi connectivity index (χ0) is 31.1. The molecular weight excluding hydrogens is 578 g/mol. The van der Waals surface area contributed by atoms with E-state index >= 15 is 0 Å². The highest BCUT2D eigenvalue weighted by molar-refractivity contribution is 6.04. The molecular formula is C30H31F4N9O. The first-order valence-corrected chi connectivity index (χ1v) is 14.5. The molecule has 7 rings (SSSR count). The maximum absolute atomic E-state index is 14.8. The number of aromatic nitrogens is 6. The molecule has 2 unspecified atom stereocenters. The first-order valence-electron chi connectivity index (χ1n) is 14.5. The molecule has 230 valence electrons. The summed E-state index contributed by atoms with van der Waals surface area (Å²) in [6.45, 7) is 5.51. The quantitative estimate of drug-likeness (QED) is 0.262. The Morgan fingerprint density at radius 2 is 1.93 bits per heavy atom. The predicted molar refractivity (Wildman–Crippen MR) is 157 cm³/mol. The normalized spacial score (nSPS) is 18.6. The van der Waals surface area contributed by atoms with Gasteiger partial charge in [-0.2, -0.15) is 27.2 Å². The van der Waals surface area contributed by atoms with Crippen molar-refractivity contribution in [3.63, 3.8) is 0 Å². The van der Waals surface area contributed by atoms with Crippen LogP contribution in [-0.2, 0) is 19.6 Å². The van der Waals surface area contributed by atoms with Crippen molar-refractivity contribution in [2.24, 2.45) is 7.05 Å². The van der Waals surface area contributed by atoms with E-state index in [9.17, 15) is 22.4 Å². The summed E-state index contributed by atoms with van der Waals surface area (Å²) < 4.78 is 62.3. The first kappa shape index (κ1) is 28.2. The number of amides is 1. The van der Waals surface area contributed by atoms with Crippen LogP contribution >= 0.6 is 0 Å². The number of carbonyl (C=O) groups is 1. The number of pyridine rings is 1. The van der Waals surface area contributed by atoms with Crippen LogP contribution in [0.2, 0.25) is 0 Å². The van der Waals surface area contributed by atoms with E-state index in [2.05, 4.69) is 26.0 Å². The Balaban J connectivity index is 1.38. The molecule has 1 saturated heterocycles. The average molecular weight is 610 g/mol. The number of rotatable bonds is 3. The van der Waals surface area contributed by atoms with Crippen molar-refractivity contribution < 1.29 is 22.4 Å². The number of alkyl halides is 3. The molecule has 44 heavy (non-hydrogen) atoms. The Kier molecular flexibility index (Phi) is 6.38. The fraction of sp³-hybridized carbons (Fsp3) is 0.400. The van der Waals surface area contributed by atoms with Gasteiger partial charge >= 0.3 is 18.3 Å². The van der Waals surface area contributed by atoms with Gasteiger partial charge in [0.1, 0.15) is 17.7 Å². The molecule has 0 aliphatic carbocycles. The van der Waals surface area contributed by atoms with Crippen LogP contribution in [0.3, 0.4) is 0 Å². The lowest BCUT2D eigenvalue weighted by atomic mass is 9.92. The summed E-state index contributed by atoms with van der Waals surface area (Å²) >= 11 is 0. The number of nitrogens with zero attached hydrogens (tertiary/aromatic N) is 9. The van der Waals surface area contributed by atoms with Crippen LogP contribution in [0.1, 0.15) is 31.4 Å². The molecule has 0 bridgehead atoms. The van der Waals surface area contributed by atoms with E-state index < -0.39 is 23.8 Å². The van der Waals surface area contributed by atoms with Gasteiger partial charge in [0.05, 0.1) is 40.7 Å². The Morgan fingerprint density at radius 3 is 2.64 bits per heavy atom. The maximum Gasteiger partial charge on any atom is 0.417 e. The summed E-state index contributed by atoms with van der Waals surface area (Å²) in [6, 6.07) is 6.02. The number of anilines is 2. The van der Waals surface area contributed by atoms with Crippen molar-refractivity contribution in [1.82, 2.24) is 33.6 Å². The third kappa shape index (κ3) is 4.14. The van der Waals surface area contributed by atoms with Gasteiger partial charge in [0.25, 0.3) is 0 Å². The first-order chi connectivity index (χ1) is 21.0. The van der Waals surface area contributed by atoms with Crippen LogP contribution in [-0.4, -0.2) is 78.4 Å². The number of aryl methyl sites for hydroxylation is 1. The number of benzene rings is 1. The largest absolute Gasteiger partial charge is 0.417 e. The molecule has 0 saturated carbocycles. The minimum Gasteiger partial charge on any atom is -0.372 e. The zero-order valence-corrected chi connectivity index (χ0v) is 24.7. The molecule has 10 nitrogen and oxygen atoms in total. The lowest BCUT2D eigenvalue weighted by Gasteiger charge is -2.34. The summed E-state index contributed by atoms with van der Waals surface area (Å²) in [7, 11) is 3.52. The molecule has 4 aromatic heterocycles. The van der Waals surface area contributed by atoms with Crippen molar-refractivity contribution in [1.29, 1.82) is 0 Å². The van der Waals surface area contributed by atoms with Gasteiger partial charge in [0.15, 0.2) is 0 Å². The minimum absolute atomic E-state index is 0.0918. The van der Waals surface area contributed by atoms with Gasteiger partial charge in [-0.05, 0) is 50.5 Å². The average Bonchev–Trinajstić information content (AvgIpc) is 3.77. The van der Waals surface area contributed by atoms with Crippen LogP contribution in [0.4, 0.5) is 33.9 Å². The number of halogens is 4. The maximum atomic E-state index is 14.8. The second-order valence-corrected chi connectivity index (χ2v) is 11.5. The van der Waals surface area contributed by atoms with E-state index in [1.807, 2.05) is 36.4 Å². The Bertz CT molecular complexity index is 1920. The Morgan fingerprint density at radius 1 is 1.14 bits per heavy atom. The molecule has 2 aliphatic rings. The number of likely N-dealkylation sites (N-methyl/N-ethyl adjacent to an activating group) is 2.